The van der Waals surface area contributed by atoms with Crippen LogP contribution in [0.15, 0.2) is 18.2 Å². The van der Waals surface area contributed by atoms with Gasteiger partial charge in [-0.15, -0.1) is 0 Å². The average molecular weight is 335 g/mol. The highest BCUT2D eigenvalue weighted by molar-refractivity contribution is 7.91. The zero-order chi connectivity index (χ0) is 15.6. The maximum Gasteiger partial charge on any atom is 0.150 e. The van der Waals surface area contributed by atoms with Crippen LogP contribution >= 0.6 is 11.6 Å². The van der Waals surface area contributed by atoms with Gasteiger partial charge in [0.15, 0.2) is 0 Å². The molecule has 7 heteroatoms. The highest BCUT2D eigenvalue weighted by Gasteiger charge is 2.34. The van der Waals surface area contributed by atoms with E-state index in [1.807, 2.05) is 0 Å². The number of hydrogen-bond donors (Lipinski definition) is 2. The van der Waals surface area contributed by atoms with Crippen LogP contribution in [0, 0.1) is 11.7 Å². The summed E-state index contributed by atoms with van der Waals surface area (Å²) in [7, 11) is -3.09. The molecular formula is C14H20ClFN2O2S. The first-order valence-corrected chi connectivity index (χ1v) is 9.26. The summed E-state index contributed by atoms with van der Waals surface area (Å²) in [6, 6.07) is 4.35. The van der Waals surface area contributed by atoms with Crippen LogP contribution in [-0.4, -0.2) is 19.9 Å². The molecule has 0 heterocycles. The van der Waals surface area contributed by atoms with Crippen LogP contribution in [-0.2, 0) is 9.84 Å². The molecule has 1 aliphatic carbocycles. The first-order valence-electron chi connectivity index (χ1n) is 6.93. The quantitative estimate of drug-likeness (QED) is 0.655. The highest BCUT2D eigenvalue weighted by atomic mass is 35.5. The third-order valence-electron chi connectivity index (χ3n) is 4.24. The summed E-state index contributed by atoms with van der Waals surface area (Å²) in [5.41, 5.74) is 3.03. The van der Waals surface area contributed by atoms with Crippen molar-refractivity contribution in [2.45, 2.75) is 37.0 Å². The molecule has 3 N–H and O–H groups in total. The largest absolute Gasteiger partial charge is 0.271 e. The van der Waals surface area contributed by atoms with Crippen molar-refractivity contribution in [3.05, 3.63) is 34.6 Å². The van der Waals surface area contributed by atoms with Gasteiger partial charge in [0, 0.05) is 11.8 Å². The zero-order valence-corrected chi connectivity index (χ0v) is 13.4. The van der Waals surface area contributed by atoms with Crippen molar-refractivity contribution in [3.8, 4) is 0 Å². The maximum absolute atomic E-state index is 14.2. The molecule has 3 atom stereocenters. The van der Waals surface area contributed by atoms with Crippen molar-refractivity contribution in [2.24, 2.45) is 11.8 Å². The standard InChI is InChI=1S/C14H20ClFN2O2S/c1-21(19,20)10-5-2-4-9(8-10)14(18-17)11-6-3-7-12(15)13(11)16/h3,6-7,9-10,14,18H,2,4-5,8,17H2,1H3. The van der Waals surface area contributed by atoms with Gasteiger partial charge < -0.3 is 0 Å². The van der Waals surface area contributed by atoms with E-state index in [9.17, 15) is 12.8 Å². The fourth-order valence-corrected chi connectivity index (χ4v) is 4.49. The zero-order valence-electron chi connectivity index (χ0n) is 11.9. The summed E-state index contributed by atoms with van der Waals surface area (Å²) in [6.45, 7) is 0. The van der Waals surface area contributed by atoms with Crippen LogP contribution in [0.25, 0.3) is 0 Å². The monoisotopic (exact) mass is 334 g/mol. The van der Waals surface area contributed by atoms with Crippen LogP contribution in [0.1, 0.15) is 37.3 Å². The molecule has 0 spiro atoms. The Labute approximate surface area is 129 Å². The topological polar surface area (TPSA) is 72.2 Å². The van der Waals surface area contributed by atoms with Crippen molar-refractivity contribution in [3.63, 3.8) is 0 Å². The number of rotatable bonds is 4. The Balaban J connectivity index is 2.27. The minimum atomic E-state index is -3.09. The molecule has 1 aliphatic rings. The van der Waals surface area contributed by atoms with Crippen LogP contribution in [0.5, 0.6) is 0 Å². The van der Waals surface area contributed by atoms with E-state index < -0.39 is 21.7 Å². The predicted molar refractivity (Wildman–Crippen MR) is 82.1 cm³/mol. The van der Waals surface area contributed by atoms with Gasteiger partial charge >= 0.3 is 0 Å². The lowest BCUT2D eigenvalue weighted by atomic mass is 9.81. The number of hydrogen-bond acceptors (Lipinski definition) is 4. The lowest BCUT2D eigenvalue weighted by molar-refractivity contribution is 0.270. The lowest BCUT2D eigenvalue weighted by Crippen LogP contribution is -2.38. The maximum atomic E-state index is 14.2. The fourth-order valence-electron chi connectivity index (χ4n) is 3.11. The summed E-state index contributed by atoms with van der Waals surface area (Å²) in [6.07, 6.45) is 4.00. The number of halogens is 2. The average Bonchev–Trinajstić information content (AvgIpc) is 2.44. The van der Waals surface area contributed by atoms with E-state index in [-0.39, 0.29) is 16.2 Å². The second kappa shape index (κ2) is 6.60. The first-order chi connectivity index (χ1) is 9.84. The molecule has 0 bridgehead atoms. The van der Waals surface area contributed by atoms with Gasteiger partial charge in [-0.3, -0.25) is 11.3 Å². The van der Waals surface area contributed by atoms with E-state index in [1.54, 1.807) is 12.1 Å². The minimum absolute atomic E-state index is 0.0311. The molecule has 1 aromatic rings. The fraction of sp³-hybridized carbons (Fsp3) is 0.571. The van der Waals surface area contributed by atoms with Crippen molar-refractivity contribution < 1.29 is 12.8 Å². The molecule has 0 aromatic heterocycles. The van der Waals surface area contributed by atoms with Gasteiger partial charge in [0.05, 0.1) is 16.3 Å². The third-order valence-corrected chi connectivity index (χ3v) is 6.17. The molecule has 1 aromatic carbocycles. The molecule has 1 fully saturated rings. The summed E-state index contributed by atoms with van der Waals surface area (Å²) in [5, 5.41) is -0.336. The normalized spacial score (nSPS) is 24.8. The van der Waals surface area contributed by atoms with Gasteiger partial charge in [-0.25, -0.2) is 12.8 Å². The molecule has 21 heavy (non-hydrogen) atoms. The molecule has 0 saturated heterocycles. The molecule has 1 saturated carbocycles. The van der Waals surface area contributed by atoms with E-state index in [0.717, 1.165) is 12.8 Å². The number of benzene rings is 1. The Morgan fingerprint density at radius 1 is 1.43 bits per heavy atom. The van der Waals surface area contributed by atoms with Gasteiger partial charge in [0.2, 0.25) is 0 Å². The van der Waals surface area contributed by atoms with Crippen LogP contribution in [0.2, 0.25) is 5.02 Å². The van der Waals surface area contributed by atoms with Crippen LogP contribution < -0.4 is 11.3 Å². The van der Waals surface area contributed by atoms with Crippen molar-refractivity contribution in [1.29, 1.82) is 0 Å². The van der Waals surface area contributed by atoms with Crippen molar-refractivity contribution >= 4 is 21.4 Å². The number of sulfone groups is 1. The van der Waals surface area contributed by atoms with E-state index >= 15 is 0 Å². The van der Waals surface area contributed by atoms with E-state index in [4.69, 9.17) is 17.4 Å². The first kappa shape index (κ1) is 16.7. The molecule has 0 aliphatic heterocycles. The van der Waals surface area contributed by atoms with Gasteiger partial charge in [0.1, 0.15) is 15.7 Å². The van der Waals surface area contributed by atoms with E-state index in [0.29, 0.717) is 18.4 Å². The van der Waals surface area contributed by atoms with Gasteiger partial charge in [0.25, 0.3) is 0 Å². The number of nitrogens with one attached hydrogen (secondary N) is 1. The molecular weight excluding hydrogens is 315 g/mol. The Kier molecular flexibility index (Phi) is 5.24. The summed E-state index contributed by atoms with van der Waals surface area (Å²) >= 11 is 5.82. The molecule has 4 nitrogen and oxygen atoms in total. The molecule has 118 valence electrons. The van der Waals surface area contributed by atoms with Gasteiger partial charge in [-0.1, -0.05) is 30.2 Å². The molecule has 0 radical (unpaired) electrons. The third kappa shape index (κ3) is 3.74. The molecule has 3 unspecified atom stereocenters. The molecule has 0 amide bonds. The van der Waals surface area contributed by atoms with Crippen molar-refractivity contribution in [2.75, 3.05) is 6.26 Å². The SMILES string of the molecule is CS(=O)(=O)C1CCCC(C(NN)c2cccc(Cl)c2F)C1. The highest BCUT2D eigenvalue weighted by Crippen LogP contribution is 2.38. The number of nitrogens with two attached hydrogens (primary N) is 1. The summed E-state index contributed by atoms with van der Waals surface area (Å²) in [5.74, 6) is 5.07. The Morgan fingerprint density at radius 3 is 2.76 bits per heavy atom. The number of hydrazine groups is 1. The smallest absolute Gasteiger partial charge is 0.150 e. The van der Waals surface area contributed by atoms with Gasteiger partial charge in [-0.05, 0) is 31.2 Å². The van der Waals surface area contributed by atoms with Crippen LogP contribution in [0.3, 0.4) is 0 Å². The Morgan fingerprint density at radius 2 is 2.14 bits per heavy atom. The summed E-state index contributed by atoms with van der Waals surface area (Å²) < 4.78 is 37.7. The van der Waals surface area contributed by atoms with Gasteiger partial charge in [-0.2, -0.15) is 0 Å². The minimum Gasteiger partial charge on any atom is -0.271 e. The summed E-state index contributed by atoms with van der Waals surface area (Å²) in [4.78, 5) is 0. The lowest BCUT2D eigenvalue weighted by Gasteiger charge is -2.34. The second-order valence-electron chi connectivity index (χ2n) is 5.67. The Hall–Kier alpha value is -0.690. The van der Waals surface area contributed by atoms with E-state index in [1.165, 1.54) is 12.3 Å². The van der Waals surface area contributed by atoms with Crippen molar-refractivity contribution in [1.82, 2.24) is 5.43 Å². The Bertz CT molecular complexity index is 609. The van der Waals surface area contributed by atoms with E-state index in [2.05, 4.69) is 5.43 Å². The second-order valence-corrected chi connectivity index (χ2v) is 8.40. The molecule has 2 rings (SSSR count). The van der Waals surface area contributed by atoms with Crippen LogP contribution in [0.4, 0.5) is 4.39 Å². The predicted octanol–water partition coefficient (Wildman–Crippen LogP) is 2.59.